The molecular weight excluding hydrogens is 306 g/mol. The first kappa shape index (κ1) is 18.0. The van der Waals surface area contributed by atoms with E-state index in [2.05, 4.69) is 5.32 Å². The first-order valence-corrected chi connectivity index (χ1v) is 8.21. The van der Waals surface area contributed by atoms with E-state index in [9.17, 15) is 14.7 Å². The number of hydrogen-bond donors (Lipinski definition) is 2. The average Bonchev–Trinajstić information content (AvgIpc) is 2.57. The van der Waals surface area contributed by atoms with E-state index in [1.54, 1.807) is 7.11 Å². The number of carbonyl (C=O) groups excluding carboxylic acids is 1. The molecule has 1 aromatic rings. The van der Waals surface area contributed by atoms with Crippen molar-refractivity contribution in [3.63, 3.8) is 0 Å². The zero-order valence-electron chi connectivity index (χ0n) is 14.5. The topological polar surface area (TPSA) is 75.6 Å². The summed E-state index contributed by atoms with van der Waals surface area (Å²) in [6, 6.07) is 7.69. The average molecular weight is 331 g/mol. The standard InChI is InChI=1S/C19H25NO4/c1-12-10-16(17(19(22)23)11-13(12)2)18(21)20-9-8-14-4-6-15(24-3)7-5-14/h4-7,16-17H,8-11H2,1-3H3,(H,20,21)(H,22,23)/t16-,17+/m1/s1. The SMILES string of the molecule is COc1ccc(CCNC(=O)[C@@H]2CC(C)=C(C)C[C@@H]2C(=O)O)cc1. The van der Waals surface area contributed by atoms with Crippen LogP contribution in [0.25, 0.3) is 0 Å². The van der Waals surface area contributed by atoms with Crippen LogP contribution in [0.5, 0.6) is 5.75 Å². The number of benzene rings is 1. The second-order valence-corrected chi connectivity index (χ2v) is 6.41. The Morgan fingerprint density at radius 1 is 1.12 bits per heavy atom. The summed E-state index contributed by atoms with van der Waals surface area (Å²) in [6.45, 7) is 4.42. The number of amides is 1. The molecule has 2 rings (SSSR count). The maximum absolute atomic E-state index is 12.4. The molecule has 0 fully saturated rings. The lowest BCUT2D eigenvalue weighted by Gasteiger charge is -2.29. The van der Waals surface area contributed by atoms with Crippen molar-refractivity contribution in [3.8, 4) is 5.75 Å². The molecule has 5 heteroatoms. The largest absolute Gasteiger partial charge is 0.497 e. The van der Waals surface area contributed by atoms with E-state index in [1.807, 2.05) is 38.1 Å². The third kappa shape index (κ3) is 4.37. The third-order valence-electron chi connectivity index (χ3n) is 4.79. The Bertz CT molecular complexity index is 633. The Labute approximate surface area is 142 Å². The van der Waals surface area contributed by atoms with Crippen LogP contribution in [-0.4, -0.2) is 30.6 Å². The quantitative estimate of drug-likeness (QED) is 0.786. The van der Waals surface area contributed by atoms with Gasteiger partial charge in [0, 0.05) is 6.54 Å². The molecule has 2 atom stereocenters. The molecule has 130 valence electrons. The second-order valence-electron chi connectivity index (χ2n) is 6.41. The Morgan fingerprint density at radius 2 is 1.71 bits per heavy atom. The highest BCUT2D eigenvalue weighted by Gasteiger charge is 2.36. The minimum absolute atomic E-state index is 0.164. The number of rotatable bonds is 6. The number of carboxylic acid groups (broad SMARTS) is 1. The Morgan fingerprint density at radius 3 is 2.25 bits per heavy atom. The van der Waals surface area contributed by atoms with Crippen LogP contribution in [-0.2, 0) is 16.0 Å². The normalized spacial score (nSPS) is 20.6. The smallest absolute Gasteiger partial charge is 0.307 e. The summed E-state index contributed by atoms with van der Waals surface area (Å²) in [6.07, 6.45) is 1.68. The number of methoxy groups -OCH3 is 1. The molecule has 0 saturated heterocycles. The van der Waals surface area contributed by atoms with Crippen LogP contribution in [0.15, 0.2) is 35.4 Å². The molecule has 1 amide bonds. The molecule has 24 heavy (non-hydrogen) atoms. The molecule has 0 unspecified atom stereocenters. The van der Waals surface area contributed by atoms with Gasteiger partial charge in [0.2, 0.25) is 5.91 Å². The molecular formula is C19H25NO4. The Hall–Kier alpha value is -2.30. The van der Waals surface area contributed by atoms with Crippen LogP contribution in [0.4, 0.5) is 0 Å². The van der Waals surface area contributed by atoms with Crippen molar-refractivity contribution in [1.29, 1.82) is 0 Å². The number of nitrogens with one attached hydrogen (secondary N) is 1. The monoisotopic (exact) mass is 331 g/mol. The Kier molecular flexibility index (Phi) is 6.01. The van der Waals surface area contributed by atoms with Crippen LogP contribution >= 0.6 is 0 Å². The van der Waals surface area contributed by atoms with Crippen LogP contribution in [0, 0.1) is 11.8 Å². The zero-order valence-corrected chi connectivity index (χ0v) is 14.5. The molecule has 0 bridgehead atoms. The summed E-state index contributed by atoms with van der Waals surface area (Å²) < 4.78 is 5.11. The van der Waals surface area contributed by atoms with Gasteiger partial charge in [-0.1, -0.05) is 23.3 Å². The molecule has 0 aromatic heterocycles. The van der Waals surface area contributed by atoms with Crippen molar-refractivity contribution >= 4 is 11.9 Å². The van der Waals surface area contributed by atoms with Crippen molar-refractivity contribution in [2.45, 2.75) is 33.1 Å². The van der Waals surface area contributed by atoms with Gasteiger partial charge in [-0.25, -0.2) is 0 Å². The summed E-state index contributed by atoms with van der Waals surface area (Å²) in [5.74, 6) is -1.37. The van der Waals surface area contributed by atoms with Crippen LogP contribution < -0.4 is 10.1 Å². The van der Waals surface area contributed by atoms with Crippen molar-refractivity contribution < 1.29 is 19.4 Å². The lowest BCUT2D eigenvalue weighted by Crippen LogP contribution is -2.40. The summed E-state index contributed by atoms with van der Waals surface area (Å²) in [5.41, 5.74) is 3.31. The Balaban J connectivity index is 1.91. The van der Waals surface area contributed by atoms with E-state index in [0.29, 0.717) is 25.8 Å². The highest BCUT2D eigenvalue weighted by molar-refractivity contribution is 5.85. The second kappa shape index (κ2) is 7.99. The van der Waals surface area contributed by atoms with Crippen molar-refractivity contribution in [1.82, 2.24) is 5.32 Å². The van der Waals surface area contributed by atoms with Gasteiger partial charge in [-0.2, -0.15) is 0 Å². The van der Waals surface area contributed by atoms with Gasteiger partial charge in [0.05, 0.1) is 18.9 Å². The van der Waals surface area contributed by atoms with Gasteiger partial charge >= 0.3 is 5.97 Å². The van der Waals surface area contributed by atoms with Crippen molar-refractivity contribution in [3.05, 3.63) is 41.0 Å². The van der Waals surface area contributed by atoms with Crippen LogP contribution in [0.1, 0.15) is 32.3 Å². The van der Waals surface area contributed by atoms with Gasteiger partial charge in [-0.15, -0.1) is 0 Å². The van der Waals surface area contributed by atoms with E-state index < -0.39 is 17.8 Å². The first-order chi connectivity index (χ1) is 11.4. The van der Waals surface area contributed by atoms with E-state index in [-0.39, 0.29) is 5.91 Å². The molecule has 1 aliphatic rings. The summed E-state index contributed by atoms with van der Waals surface area (Å²) >= 11 is 0. The predicted octanol–water partition coefficient (Wildman–Crippen LogP) is 2.80. The van der Waals surface area contributed by atoms with Gasteiger partial charge in [0.25, 0.3) is 0 Å². The molecule has 0 radical (unpaired) electrons. The maximum Gasteiger partial charge on any atom is 0.307 e. The molecule has 0 aliphatic heterocycles. The van der Waals surface area contributed by atoms with Crippen molar-refractivity contribution in [2.75, 3.05) is 13.7 Å². The molecule has 0 spiro atoms. The van der Waals surface area contributed by atoms with E-state index in [1.165, 1.54) is 0 Å². The van der Waals surface area contributed by atoms with Crippen LogP contribution in [0.3, 0.4) is 0 Å². The number of hydrogen-bond acceptors (Lipinski definition) is 3. The molecule has 0 heterocycles. The number of aliphatic carboxylic acids is 1. The summed E-state index contributed by atoms with van der Waals surface area (Å²) in [7, 11) is 1.62. The van der Waals surface area contributed by atoms with E-state index in [4.69, 9.17) is 4.74 Å². The fraction of sp³-hybridized carbons (Fsp3) is 0.474. The molecule has 1 aromatic carbocycles. The molecule has 1 aliphatic carbocycles. The number of ether oxygens (including phenoxy) is 1. The molecule has 0 saturated carbocycles. The van der Waals surface area contributed by atoms with E-state index in [0.717, 1.165) is 22.5 Å². The van der Waals surface area contributed by atoms with E-state index >= 15 is 0 Å². The zero-order chi connectivity index (χ0) is 17.7. The van der Waals surface area contributed by atoms with Gasteiger partial charge in [-0.05, 0) is 50.8 Å². The fourth-order valence-electron chi connectivity index (χ4n) is 3.08. The minimum atomic E-state index is -0.892. The lowest BCUT2D eigenvalue weighted by molar-refractivity contribution is -0.147. The maximum atomic E-state index is 12.4. The van der Waals surface area contributed by atoms with Gasteiger partial charge in [0.1, 0.15) is 5.75 Å². The van der Waals surface area contributed by atoms with Gasteiger partial charge < -0.3 is 15.2 Å². The number of carboxylic acids is 1. The minimum Gasteiger partial charge on any atom is -0.497 e. The molecule has 5 nitrogen and oxygen atoms in total. The van der Waals surface area contributed by atoms with Gasteiger partial charge in [-0.3, -0.25) is 9.59 Å². The first-order valence-electron chi connectivity index (χ1n) is 8.21. The number of carbonyl (C=O) groups is 2. The summed E-state index contributed by atoms with van der Waals surface area (Å²) in [4.78, 5) is 23.9. The lowest BCUT2D eigenvalue weighted by atomic mass is 9.76. The highest BCUT2D eigenvalue weighted by Crippen LogP contribution is 2.34. The highest BCUT2D eigenvalue weighted by atomic mass is 16.5. The predicted molar refractivity (Wildman–Crippen MR) is 91.9 cm³/mol. The third-order valence-corrected chi connectivity index (χ3v) is 4.79. The van der Waals surface area contributed by atoms with Crippen molar-refractivity contribution in [2.24, 2.45) is 11.8 Å². The summed E-state index contributed by atoms with van der Waals surface area (Å²) in [5, 5.41) is 12.3. The fourth-order valence-corrected chi connectivity index (χ4v) is 3.08. The van der Waals surface area contributed by atoms with Crippen LogP contribution in [0.2, 0.25) is 0 Å². The molecule has 2 N–H and O–H groups in total. The number of allylic oxidation sites excluding steroid dienone is 2. The van der Waals surface area contributed by atoms with Gasteiger partial charge in [0.15, 0.2) is 0 Å².